The fourth-order valence-corrected chi connectivity index (χ4v) is 2.56. The molecule has 1 aromatic rings. The van der Waals surface area contributed by atoms with Crippen LogP contribution in [-0.4, -0.2) is 19.6 Å². The first-order valence-corrected chi connectivity index (χ1v) is 7.11. The predicted molar refractivity (Wildman–Crippen MR) is 78.4 cm³/mol. The standard InChI is InChI=1S/C16H28N/c1-5-8-9-14-17(6-2,7-3)16-12-10-15(4)11-13-16/h10-13H,5-9,14H2,1-4H3/q+1. The maximum absolute atomic E-state index is 2.31. The lowest BCUT2D eigenvalue weighted by Gasteiger charge is -2.36. The number of quaternary nitrogens is 1. The molecule has 0 fully saturated rings. The van der Waals surface area contributed by atoms with E-state index in [0.717, 1.165) is 4.48 Å². The Labute approximate surface area is 107 Å². The largest absolute Gasteiger partial charge is 0.292 e. The summed E-state index contributed by atoms with van der Waals surface area (Å²) in [5, 5.41) is 0. The van der Waals surface area contributed by atoms with Gasteiger partial charge in [-0.3, -0.25) is 4.48 Å². The quantitative estimate of drug-likeness (QED) is 0.480. The average molecular weight is 234 g/mol. The molecule has 0 N–H and O–H groups in total. The maximum Gasteiger partial charge on any atom is 0.132 e. The molecule has 0 saturated heterocycles. The van der Waals surface area contributed by atoms with Gasteiger partial charge in [-0.15, -0.1) is 0 Å². The Bertz CT molecular complexity index is 309. The van der Waals surface area contributed by atoms with Crippen molar-refractivity contribution in [1.29, 1.82) is 0 Å². The number of hydrogen-bond donors (Lipinski definition) is 0. The molecule has 1 rings (SSSR count). The highest BCUT2D eigenvalue weighted by Crippen LogP contribution is 2.24. The molecule has 1 heteroatoms. The average Bonchev–Trinajstić information content (AvgIpc) is 2.37. The number of rotatable bonds is 7. The van der Waals surface area contributed by atoms with Crippen LogP contribution in [0.5, 0.6) is 0 Å². The summed E-state index contributed by atoms with van der Waals surface area (Å²) in [4.78, 5) is 0. The Hall–Kier alpha value is -0.820. The summed E-state index contributed by atoms with van der Waals surface area (Å²) in [5.74, 6) is 0. The summed E-state index contributed by atoms with van der Waals surface area (Å²) in [6.07, 6.45) is 4.00. The van der Waals surface area contributed by atoms with Crippen molar-refractivity contribution in [3.63, 3.8) is 0 Å². The first-order chi connectivity index (χ1) is 8.18. The number of unbranched alkanes of at least 4 members (excludes halogenated alkanes) is 2. The second kappa shape index (κ2) is 6.80. The first kappa shape index (κ1) is 14.2. The molecule has 0 unspecified atom stereocenters. The number of nitrogens with zero attached hydrogens (tertiary/aromatic N) is 1. The number of hydrogen-bond acceptors (Lipinski definition) is 0. The van der Waals surface area contributed by atoms with Gasteiger partial charge in [-0.1, -0.05) is 31.0 Å². The molecule has 0 saturated carbocycles. The van der Waals surface area contributed by atoms with E-state index in [-0.39, 0.29) is 0 Å². The SMILES string of the molecule is CCCCC[N+](CC)(CC)c1ccc(C)cc1. The van der Waals surface area contributed by atoms with Crippen LogP contribution in [0.15, 0.2) is 24.3 Å². The van der Waals surface area contributed by atoms with Gasteiger partial charge in [0.25, 0.3) is 0 Å². The molecule has 0 radical (unpaired) electrons. The summed E-state index contributed by atoms with van der Waals surface area (Å²) in [6, 6.07) is 9.11. The summed E-state index contributed by atoms with van der Waals surface area (Å²) in [6.45, 7) is 12.7. The molecule has 0 heterocycles. The molecular formula is C16H28N+. The smallest absolute Gasteiger partial charge is 0.132 e. The summed E-state index contributed by atoms with van der Waals surface area (Å²) in [7, 11) is 0. The van der Waals surface area contributed by atoms with Gasteiger partial charge in [-0.25, -0.2) is 0 Å². The van der Waals surface area contributed by atoms with E-state index in [1.807, 2.05) is 0 Å². The summed E-state index contributed by atoms with van der Waals surface area (Å²) < 4.78 is 1.14. The third kappa shape index (κ3) is 3.57. The maximum atomic E-state index is 2.31. The lowest BCUT2D eigenvalue weighted by atomic mass is 10.1. The molecule has 0 aliphatic rings. The van der Waals surface area contributed by atoms with Gasteiger partial charge >= 0.3 is 0 Å². The Morgan fingerprint density at radius 2 is 1.47 bits per heavy atom. The highest BCUT2D eigenvalue weighted by Gasteiger charge is 2.25. The second-order valence-electron chi connectivity index (χ2n) is 5.04. The van der Waals surface area contributed by atoms with E-state index in [0.29, 0.717) is 0 Å². The Kier molecular flexibility index (Phi) is 5.70. The van der Waals surface area contributed by atoms with Crippen LogP contribution in [-0.2, 0) is 0 Å². The number of aryl methyl sites for hydroxylation is 1. The van der Waals surface area contributed by atoms with Crippen molar-refractivity contribution in [3.05, 3.63) is 29.8 Å². The van der Waals surface area contributed by atoms with Crippen molar-refractivity contribution < 1.29 is 0 Å². The Morgan fingerprint density at radius 1 is 0.882 bits per heavy atom. The normalized spacial score (nSPS) is 11.8. The third-order valence-electron chi connectivity index (χ3n) is 3.98. The van der Waals surface area contributed by atoms with Gasteiger partial charge in [0.2, 0.25) is 0 Å². The Balaban J connectivity index is 2.85. The van der Waals surface area contributed by atoms with Crippen LogP contribution in [0.1, 0.15) is 45.6 Å². The molecule has 0 aliphatic carbocycles. The summed E-state index contributed by atoms with van der Waals surface area (Å²) >= 11 is 0. The molecule has 1 nitrogen and oxygen atoms in total. The van der Waals surface area contributed by atoms with Crippen LogP contribution in [0.25, 0.3) is 0 Å². The van der Waals surface area contributed by atoms with E-state index in [1.165, 1.54) is 50.1 Å². The minimum atomic E-state index is 1.14. The molecular weight excluding hydrogens is 206 g/mol. The van der Waals surface area contributed by atoms with E-state index in [1.54, 1.807) is 0 Å². The zero-order valence-electron chi connectivity index (χ0n) is 12.0. The van der Waals surface area contributed by atoms with E-state index in [9.17, 15) is 0 Å². The van der Waals surface area contributed by atoms with Crippen molar-refractivity contribution in [2.24, 2.45) is 0 Å². The zero-order chi connectivity index (χ0) is 12.7. The van der Waals surface area contributed by atoms with E-state index < -0.39 is 0 Å². The van der Waals surface area contributed by atoms with Gasteiger partial charge in [0, 0.05) is 0 Å². The van der Waals surface area contributed by atoms with Crippen molar-refractivity contribution >= 4 is 5.69 Å². The molecule has 96 valence electrons. The molecule has 17 heavy (non-hydrogen) atoms. The van der Waals surface area contributed by atoms with Crippen molar-refractivity contribution in [3.8, 4) is 0 Å². The van der Waals surface area contributed by atoms with Crippen LogP contribution in [0.3, 0.4) is 0 Å². The third-order valence-corrected chi connectivity index (χ3v) is 3.98. The molecule has 1 aromatic carbocycles. The fraction of sp³-hybridized carbons (Fsp3) is 0.625. The highest BCUT2D eigenvalue weighted by atomic mass is 15.3. The van der Waals surface area contributed by atoms with Gasteiger partial charge in [0.1, 0.15) is 5.69 Å². The lowest BCUT2D eigenvalue weighted by molar-refractivity contribution is 0.293. The van der Waals surface area contributed by atoms with E-state index >= 15 is 0 Å². The van der Waals surface area contributed by atoms with E-state index in [4.69, 9.17) is 0 Å². The molecule has 0 aromatic heterocycles. The van der Waals surface area contributed by atoms with Crippen LogP contribution in [0, 0.1) is 6.92 Å². The predicted octanol–water partition coefficient (Wildman–Crippen LogP) is 4.53. The van der Waals surface area contributed by atoms with Gasteiger partial charge in [-0.05, 0) is 45.7 Å². The van der Waals surface area contributed by atoms with Crippen molar-refractivity contribution in [2.45, 2.75) is 47.0 Å². The van der Waals surface area contributed by atoms with Gasteiger partial charge in [-0.2, -0.15) is 0 Å². The zero-order valence-corrected chi connectivity index (χ0v) is 12.0. The van der Waals surface area contributed by atoms with Gasteiger partial charge in [0.05, 0.1) is 19.6 Å². The molecule has 0 amide bonds. The Morgan fingerprint density at radius 3 is 1.94 bits per heavy atom. The lowest BCUT2D eigenvalue weighted by Crippen LogP contribution is -2.49. The van der Waals surface area contributed by atoms with E-state index in [2.05, 4.69) is 52.0 Å². The minimum Gasteiger partial charge on any atom is -0.292 e. The fourth-order valence-electron chi connectivity index (χ4n) is 2.56. The van der Waals surface area contributed by atoms with Crippen LogP contribution in [0.4, 0.5) is 5.69 Å². The monoisotopic (exact) mass is 234 g/mol. The number of benzene rings is 1. The second-order valence-corrected chi connectivity index (χ2v) is 5.04. The molecule has 0 bridgehead atoms. The van der Waals surface area contributed by atoms with Crippen LogP contribution < -0.4 is 4.48 Å². The van der Waals surface area contributed by atoms with Crippen LogP contribution in [0.2, 0.25) is 0 Å². The van der Waals surface area contributed by atoms with Gasteiger partial charge < -0.3 is 0 Å². The molecule has 0 spiro atoms. The first-order valence-electron chi connectivity index (χ1n) is 7.11. The molecule has 0 aliphatic heterocycles. The summed E-state index contributed by atoms with van der Waals surface area (Å²) in [5.41, 5.74) is 2.84. The highest BCUT2D eigenvalue weighted by molar-refractivity contribution is 5.44. The molecule has 0 atom stereocenters. The van der Waals surface area contributed by atoms with Crippen LogP contribution >= 0.6 is 0 Å². The minimum absolute atomic E-state index is 1.14. The topological polar surface area (TPSA) is 0 Å². The van der Waals surface area contributed by atoms with Gasteiger partial charge in [0.15, 0.2) is 0 Å². The van der Waals surface area contributed by atoms with Crippen molar-refractivity contribution in [2.75, 3.05) is 19.6 Å². The van der Waals surface area contributed by atoms with Crippen molar-refractivity contribution in [1.82, 2.24) is 4.48 Å².